The van der Waals surface area contributed by atoms with Gasteiger partial charge in [0.05, 0.1) is 5.69 Å². The Labute approximate surface area is 90.2 Å². The molecule has 14 heavy (non-hydrogen) atoms. The number of halogens is 1. The third kappa shape index (κ3) is 2.49. The monoisotopic (exact) mass is 215 g/mol. The van der Waals surface area contributed by atoms with Gasteiger partial charge in [-0.1, -0.05) is 18.5 Å². The van der Waals surface area contributed by atoms with Gasteiger partial charge in [-0.3, -0.25) is 4.68 Å². The first kappa shape index (κ1) is 11.5. The van der Waals surface area contributed by atoms with Crippen LogP contribution in [0.15, 0.2) is 0 Å². The zero-order valence-electron chi connectivity index (χ0n) is 9.05. The van der Waals surface area contributed by atoms with Crippen LogP contribution in [0, 0.1) is 6.92 Å². The molecule has 0 aliphatic carbocycles. The fourth-order valence-corrected chi connectivity index (χ4v) is 1.76. The Kier molecular flexibility index (Phi) is 3.96. The van der Waals surface area contributed by atoms with Crippen LogP contribution in [0.2, 0.25) is 5.15 Å². The maximum atomic E-state index is 6.10. The summed E-state index contributed by atoms with van der Waals surface area (Å²) in [5, 5.41) is 5.00. The van der Waals surface area contributed by atoms with Crippen LogP contribution in [0.25, 0.3) is 0 Å². The molecular formula is C10H18ClN3. The zero-order chi connectivity index (χ0) is 10.7. The van der Waals surface area contributed by atoms with Gasteiger partial charge in [0.1, 0.15) is 5.15 Å². The summed E-state index contributed by atoms with van der Waals surface area (Å²) in [6.45, 7) is 4.08. The second kappa shape index (κ2) is 4.80. The van der Waals surface area contributed by atoms with E-state index in [4.69, 9.17) is 17.3 Å². The summed E-state index contributed by atoms with van der Waals surface area (Å²) in [6, 6.07) is 0.269. The van der Waals surface area contributed by atoms with Gasteiger partial charge in [0, 0.05) is 18.7 Å². The fraction of sp³-hybridized carbons (Fsp3) is 0.700. The van der Waals surface area contributed by atoms with E-state index in [1.807, 2.05) is 14.0 Å². The highest BCUT2D eigenvalue weighted by molar-refractivity contribution is 6.30. The number of hydrogen-bond acceptors (Lipinski definition) is 2. The maximum Gasteiger partial charge on any atom is 0.130 e. The molecule has 2 N–H and O–H groups in total. The predicted octanol–water partition coefficient (Wildman–Crippen LogP) is 2.05. The Morgan fingerprint density at radius 3 is 2.64 bits per heavy atom. The van der Waals surface area contributed by atoms with Crippen molar-refractivity contribution in [2.75, 3.05) is 0 Å². The Bertz CT molecular complexity index is 307. The van der Waals surface area contributed by atoms with E-state index in [1.165, 1.54) is 0 Å². The van der Waals surface area contributed by atoms with Crippen molar-refractivity contribution >= 4 is 11.6 Å². The van der Waals surface area contributed by atoms with E-state index in [-0.39, 0.29) is 6.04 Å². The molecule has 0 amide bonds. The van der Waals surface area contributed by atoms with Gasteiger partial charge in [-0.05, 0) is 26.2 Å². The molecule has 0 fully saturated rings. The van der Waals surface area contributed by atoms with Gasteiger partial charge in [-0.2, -0.15) is 5.10 Å². The standard InChI is InChI=1S/C10H18ClN3/c1-4-8(12)5-6-9-7(2)13-14(3)10(9)11/h8H,4-6,12H2,1-3H3. The van der Waals surface area contributed by atoms with Crippen LogP contribution < -0.4 is 5.73 Å². The average molecular weight is 216 g/mol. The minimum atomic E-state index is 0.269. The van der Waals surface area contributed by atoms with Crippen molar-refractivity contribution in [2.24, 2.45) is 12.8 Å². The highest BCUT2D eigenvalue weighted by Crippen LogP contribution is 2.20. The van der Waals surface area contributed by atoms with Crippen molar-refractivity contribution in [3.05, 3.63) is 16.4 Å². The molecule has 3 nitrogen and oxygen atoms in total. The Balaban J connectivity index is 2.67. The van der Waals surface area contributed by atoms with Gasteiger partial charge >= 0.3 is 0 Å². The van der Waals surface area contributed by atoms with Crippen LogP contribution in [0.5, 0.6) is 0 Å². The van der Waals surface area contributed by atoms with Crippen molar-refractivity contribution in [3.63, 3.8) is 0 Å². The van der Waals surface area contributed by atoms with Crippen LogP contribution >= 0.6 is 11.6 Å². The molecule has 1 aromatic rings. The summed E-state index contributed by atoms with van der Waals surface area (Å²) in [7, 11) is 1.86. The molecule has 1 atom stereocenters. The van der Waals surface area contributed by atoms with Gasteiger partial charge in [-0.15, -0.1) is 0 Å². The van der Waals surface area contributed by atoms with E-state index in [1.54, 1.807) is 4.68 Å². The lowest BCUT2D eigenvalue weighted by molar-refractivity contribution is 0.595. The fourth-order valence-electron chi connectivity index (χ4n) is 1.49. The first-order valence-electron chi connectivity index (χ1n) is 4.99. The maximum absolute atomic E-state index is 6.10. The Morgan fingerprint density at radius 2 is 2.21 bits per heavy atom. The van der Waals surface area contributed by atoms with E-state index >= 15 is 0 Å². The van der Waals surface area contributed by atoms with E-state index in [2.05, 4.69) is 12.0 Å². The van der Waals surface area contributed by atoms with Gasteiger partial charge < -0.3 is 5.73 Å². The lowest BCUT2D eigenvalue weighted by atomic mass is 10.1. The Morgan fingerprint density at radius 1 is 1.57 bits per heavy atom. The lowest BCUT2D eigenvalue weighted by Crippen LogP contribution is -2.19. The smallest absolute Gasteiger partial charge is 0.130 e. The quantitative estimate of drug-likeness (QED) is 0.836. The van der Waals surface area contributed by atoms with Crippen molar-refractivity contribution in [3.8, 4) is 0 Å². The largest absolute Gasteiger partial charge is 0.328 e. The first-order valence-corrected chi connectivity index (χ1v) is 5.37. The predicted molar refractivity (Wildman–Crippen MR) is 59.5 cm³/mol. The summed E-state index contributed by atoms with van der Waals surface area (Å²) in [6.07, 6.45) is 2.91. The molecule has 1 heterocycles. The minimum Gasteiger partial charge on any atom is -0.328 e. The number of aromatic nitrogens is 2. The van der Waals surface area contributed by atoms with Crippen LogP contribution in [0.4, 0.5) is 0 Å². The van der Waals surface area contributed by atoms with E-state index in [0.29, 0.717) is 0 Å². The second-order valence-electron chi connectivity index (χ2n) is 3.69. The SMILES string of the molecule is CCC(N)CCc1c(C)nn(C)c1Cl. The molecular weight excluding hydrogens is 198 g/mol. The molecule has 0 saturated carbocycles. The molecule has 0 aliphatic heterocycles. The topological polar surface area (TPSA) is 43.8 Å². The Hall–Kier alpha value is -0.540. The molecule has 4 heteroatoms. The molecule has 0 spiro atoms. The van der Waals surface area contributed by atoms with E-state index in [9.17, 15) is 0 Å². The number of hydrogen-bond donors (Lipinski definition) is 1. The van der Waals surface area contributed by atoms with Crippen LogP contribution in [0.3, 0.4) is 0 Å². The third-order valence-electron chi connectivity index (χ3n) is 2.56. The van der Waals surface area contributed by atoms with Crippen molar-refractivity contribution < 1.29 is 0 Å². The number of nitrogens with zero attached hydrogens (tertiary/aromatic N) is 2. The van der Waals surface area contributed by atoms with Gasteiger partial charge in [0.15, 0.2) is 0 Å². The van der Waals surface area contributed by atoms with E-state index in [0.717, 1.165) is 35.7 Å². The van der Waals surface area contributed by atoms with Gasteiger partial charge in [0.25, 0.3) is 0 Å². The molecule has 0 aliphatic rings. The van der Waals surface area contributed by atoms with Gasteiger partial charge in [0.2, 0.25) is 0 Å². The summed E-state index contributed by atoms with van der Waals surface area (Å²) in [5.41, 5.74) is 8.01. The molecule has 0 radical (unpaired) electrons. The molecule has 0 bridgehead atoms. The zero-order valence-corrected chi connectivity index (χ0v) is 9.80. The summed E-state index contributed by atoms with van der Waals surface area (Å²) in [4.78, 5) is 0. The molecule has 1 rings (SSSR count). The molecule has 0 aromatic carbocycles. The minimum absolute atomic E-state index is 0.269. The van der Waals surface area contributed by atoms with Crippen molar-refractivity contribution in [2.45, 2.75) is 39.2 Å². The van der Waals surface area contributed by atoms with Crippen LogP contribution in [-0.2, 0) is 13.5 Å². The molecule has 0 saturated heterocycles. The normalized spacial score (nSPS) is 13.2. The molecule has 1 aromatic heterocycles. The van der Waals surface area contributed by atoms with Crippen LogP contribution in [-0.4, -0.2) is 15.8 Å². The molecule has 1 unspecified atom stereocenters. The van der Waals surface area contributed by atoms with Crippen molar-refractivity contribution in [1.29, 1.82) is 0 Å². The number of rotatable bonds is 4. The summed E-state index contributed by atoms with van der Waals surface area (Å²) >= 11 is 6.10. The first-order chi connectivity index (χ1) is 6.56. The van der Waals surface area contributed by atoms with Gasteiger partial charge in [-0.25, -0.2) is 0 Å². The number of nitrogens with two attached hydrogens (primary N) is 1. The second-order valence-corrected chi connectivity index (χ2v) is 4.04. The summed E-state index contributed by atoms with van der Waals surface area (Å²) in [5.74, 6) is 0. The molecule has 80 valence electrons. The highest BCUT2D eigenvalue weighted by Gasteiger charge is 2.11. The average Bonchev–Trinajstić information content (AvgIpc) is 2.39. The number of aryl methyl sites for hydroxylation is 2. The lowest BCUT2D eigenvalue weighted by Gasteiger charge is -2.07. The van der Waals surface area contributed by atoms with Crippen molar-refractivity contribution in [1.82, 2.24) is 9.78 Å². The van der Waals surface area contributed by atoms with Crippen LogP contribution in [0.1, 0.15) is 31.0 Å². The summed E-state index contributed by atoms with van der Waals surface area (Å²) < 4.78 is 1.71. The third-order valence-corrected chi connectivity index (χ3v) is 3.03. The van der Waals surface area contributed by atoms with E-state index < -0.39 is 0 Å². The highest BCUT2D eigenvalue weighted by atomic mass is 35.5.